The lowest BCUT2D eigenvalue weighted by atomic mass is 9.91. The van der Waals surface area contributed by atoms with Gasteiger partial charge in [-0.05, 0) is 11.1 Å². The number of benzene rings is 2. The minimum Gasteiger partial charge on any atom is -0.463 e. The second-order valence-corrected chi connectivity index (χ2v) is 15.2. The van der Waals surface area contributed by atoms with E-state index in [0.717, 1.165) is 38.8 Å². The van der Waals surface area contributed by atoms with E-state index < -0.39 is 116 Å². The van der Waals surface area contributed by atoms with Crippen molar-refractivity contribution in [3.05, 3.63) is 71.8 Å². The zero-order valence-corrected chi connectivity index (χ0v) is 36.2. The third kappa shape index (κ3) is 16.2. The second kappa shape index (κ2) is 24.7. The van der Waals surface area contributed by atoms with Crippen LogP contribution in [-0.4, -0.2) is 137 Å². The van der Waals surface area contributed by atoms with Gasteiger partial charge in [-0.3, -0.25) is 28.8 Å². The summed E-state index contributed by atoms with van der Waals surface area (Å²) in [4.78, 5) is 72.8. The Bertz CT molecular complexity index is 1670. The van der Waals surface area contributed by atoms with Crippen LogP contribution in [0.1, 0.15) is 52.7 Å². The standard InChI is InChI=1S/C43H58N2O18/c1-25(46)54-19-33-37(58-27(3)48)39(60-29(5)50)35(44)41(62-33)56-23-43(21-52-17-31-13-9-7-10-14-31,22-53-18-32-15-11-8-12-16-32)24-57-42-36(45)40(61-30(6)51)38(59-28(4)49)34(63-42)20-55-26(2)47/h7-16,33-42H,17-24,44-45H2,1-6H3/t33-,34-,35-,36-,37-,38-,39-,40-,41-,42-/m1/s1. The molecule has 0 radical (unpaired) electrons. The molecule has 20 heteroatoms. The average molecular weight is 891 g/mol. The van der Waals surface area contributed by atoms with Crippen molar-refractivity contribution in [2.24, 2.45) is 16.9 Å². The summed E-state index contributed by atoms with van der Waals surface area (Å²) in [6.45, 7) is 5.57. The molecule has 0 bridgehead atoms. The highest BCUT2D eigenvalue weighted by Gasteiger charge is 2.52. The molecule has 2 fully saturated rings. The summed E-state index contributed by atoms with van der Waals surface area (Å²) in [6.07, 6.45) is -10.4. The van der Waals surface area contributed by atoms with E-state index in [0.29, 0.717) is 0 Å². The van der Waals surface area contributed by atoms with E-state index in [4.69, 9.17) is 68.3 Å². The van der Waals surface area contributed by atoms with Gasteiger partial charge in [0.05, 0.1) is 57.1 Å². The summed E-state index contributed by atoms with van der Waals surface area (Å²) in [6, 6.07) is 16.1. The first kappa shape index (κ1) is 50.6. The summed E-state index contributed by atoms with van der Waals surface area (Å²) >= 11 is 0. The fourth-order valence-electron chi connectivity index (χ4n) is 6.85. The Kier molecular flexibility index (Phi) is 19.8. The van der Waals surface area contributed by atoms with Crippen LogP contribution in [0.3, 0.4) is 0 Å². The zero-order valence-electron chi connectivity index (χ0n) is 36.2. The third-order valence-corrected chi connectivity index (χ3v) is 9.64. The minimum absolute atomic E-state index is 0.110. The van der Waals surface area contributed by atoms with Gasteiger partial charge in [-0.2, -0.15) is 0 Å². The van der Waals surface area contributed by atoms with E-state index in [1.807, 2.05) is 60.7 Å². The molecule has 2 aromatic rings. The van der Waals surface area contributed by atoms with Crippen LogP contribution in [0.2, 0.25) is 0 Å². The van der Waals surface area contributed by atoms with Crippen LogP contribution in [0.15, 0.2) is 60.7 Å². The van der Waals surface area contributed by atoms with Gasteiger partial charge < -0.3 is 68.3 Å². The summed E-state index contributed by atoms with van der Waals surface area (Å²) in [5.74, 6) is -4.29. The lowest BCUT2D eigenvalue weighted by Gasteiger charge is -2.45. The van der Waals surface area contributed by atoms with Crippen LogP contribution in [-0.2, 0) is 98.8 Å². The molecule has 4 rings (SSSR count). The van der Waals surface area contributed by atoms with Crippen molar-refractivity contribution in [2.75, 3.05) is 39.6 Å². The lowest BCUT2D eigenvalue weighted by Crippen LogP contribution is -2.65. The molecule has 2 heterocycles. The Balaban J connectivity index is 1.72. The van der Waals surface area contributed by atoms with Crippen molar-refractivity contribution >= 4 is 35.8 Å². The van der Waals surface area contributed by atoms with E-state index >= 15 is 0 Å². The van der Waals surface area contributed by atoms with Crippen LogP contribution in [0, 0.1) is 5.41 Å². The molecule has 0 unspecified atom stereocenters. The maximum atomic E-state index is 12.3. The molecule has 2 saturated heterocycles. The number of carbonyl (C=O) groups excluding carboxylic acids is 6. The number of nitrogens with two attached hydrogens (primary N) is 2. The van der Waals surface area contributed by atoms with E-state index in [1.165, 1.54) is 13.8 Å². The van der Waals surface area contributed by atoms with Gasteiger partial charge in [0.2, 0.25) is 0 Å². The van der Waals surface area contributed by atoms with Gasteiger partial charge in [0, 0.05) is 41.5 Å². The van der Waals surface area contributed by atoms with Crippen LogP contribution in [0.25, 0.3) is 0 Å². The van der Waals surface area contributed by atoms with E-state index in [2.05, 4.69) is 0 Å². The highest BCUT2D eigenvalue weighted by molar-refractivity contribution is 5.69. The monoisotopic (exact) mass is 890 g/mol. The zero-order chi connectivity index (χ0) is 46.1. The van der Waals surface area contributed by atoms with E-state index in [9.17, 15) is 28.8 Å². The minimum atomic E-state index is -1.39. The molecule has 63 heavy (non-hydrogen) atoms. The summed E-state index contributed by atoms with van der Waals surface area (Å²) in [5, 5.41) is 0. The number of hydrogen-bond acceptors (Lipinski definition) is 20. The molecule has 2 aliphatic heterocycles. The second-order valence-electron chi connectivity index (χ2n) is 15.2. The smallest absolute Gasteiger partial charge is 0.303 e. The van der Waals surface area contributed by atoms with Crippen LogP contribution < -0.4 is 11.5 Å². The van der Waals surface area contributed by atoms with Gasteiger partial charge in [0.15, 0.2) is 37.0 Å². The van der Waals surface area contributed by atoms with Gasteiger partial charge in [-0.1, -0.05) is 60.7 Å². The van der Waals surface area contributed by atoms with E-state index in [-0.39, 0.29) is 39.6 Å². The van der Waals surface area contributed by atoms with E-state index in [1.54, 1.807) is 0 Å². The maximum Gasteiger partial charge on any atom is 0.303 e. The Morgan fingerprint density at radius 3 is 1.14 bits per heavy atom. The molecule has 0 aliphatic carbocycles. The number of ether oxygens (including phenoxy) is 12. The van der Waals surface area contributed by atoms with Gasteiger partial charge in [0.25, 0.3) is 0 Å². The fraction of sp³-hybridized carbons (Fsp3) is 0.581. The van der Waals surface area contributed by atoms with Gasteiger partial charge in [0.1, 0.15) is 25.4 Å². The number of rotatable bonds is 22. The molecule has 0 amide bonds. The Labute approximate surface area is 365 Å². The predicted octanol–water partition coefficient (Wildman–Crippen LogP) is 1.40. The molecule has 2 aliphatic rings. The molecule has 348 valence electrons. The lowest BCUT2D eigenvalue weighted by molar-refractivity contribution is -0.296. The Morgan fingerprint density at radius 2 is 0.825 bits per heavy atom. The Morgan fingerprint density at radius 1 is 0.492 bits per heavy atom. The first-order chi connectivity index (χ1) is 30.0. The van der Waals surface area contributed by atoms with Crippen molar-refractivity contribution in [3.63, 3.8) is 0 Å². The third-order valence-electron chi connectivity index (χ3n) is 9.64. The highest BCUT2D eigenvalue weighted by Crippen LogP contribution is 2.32. The molecule has 20 nitrogen and oxygen atoms in total. The number of carbonyl (C=O) groups is 6. The first-order valence-electron chi connectivity index (χ1n) is 20.2. The number of hydrogen-bond donors (Lipinski definition) is 2. The van der Waals surface area contributed by atoms with Crippen LogP contribution in [0.5, 0.6) is 0 Å². The summed E-state index contributed by atoms with van der Waals surface area (Å²) < 4.78 is 70.4. The fourth-order valence-corrected chi connectivity index (χ4v) is 6.85. The van der Waals surface area contributed by atoms with Crippen molar-refractivity contribution in [3.8, 4) is 0 Å². The predicted molar refractivity (Wildman–Crippen MR) is 215 cm³/mol. The Hall–Kier alpha value is -5.06. The van der Waals surface area contributed by atoms with Gasteiger partial charge >= 0.3 is 35.8 Å². The normalized spacial score (nSPS) is 25.8. The number of esters is 6. The molecule has 10 atom stereocenters. The van der Waals surface area contributed by atoms with Crippen LogP contribution in [0.4, 0.5) is 0 Å². The molecule has 0 aromatic heterocycles. The van der Waals surface area contributed by atoms with Gasteiger partial charge in [-0.25, -0.2) is 0 Å². The molecule has 0 spiro atoms. The van der Waals surface area contributed by atoms with Crippen molar-refractivity contribution in [1.82, 2.24) is 0 Å². The topological polar surface area (TPSA) is 265 Å². The molecular weight excluding hydrogens is 832 g/mol. The summed E-state index contributed by atoms with van der Waals surface area (Å²) in [5.41, 5.74) is 13.7. The van der Waals surface area contributed by atoms with Gasteiger partial charge in [-0.15, -0.1) is 0 Å². The van der Waals surface area contributed by atoms with Crippen LogP contribution >= 0.6 is 0 Å². The molecule has 2 aromatic carbocycles. The highest BCUT2D eigenvalue weighted by atomic mass is 16.7. The average Bonchev–Trinajstić information content (AvgIpc) is 3.22. The SMILES string of the molecule is CC(=O)OC[C@H]1O[C@@H](OCC(COCc2ccccc2)(COCc2ccccc2)CO[C@@H]2O[C@H](COC(C)=O)[C@@H](OC(C)=O)[C@H](OC(C)=O)[C@H]2N)[C@H](N)[C@@H](OC(C)=O)[C@@H]1OC(C)=O. The quantitative estimate of drug-likeness (QED) is 0.125. The largest absolute Gasteiger partial charge is 0.463 e. The summed E-state index contributed by atoms with van der Waals surface area (Å²) in [7, 11) is 0. The first-order valence-corrected chi connectivity index (χ1v) is 20.2. The molecule has 0 saturated carbocycles. The molecule has 4 N–H and O–H groups in total. The maximum absolute atomic E-state index is 12.3. The van der Waals surface area contributed by atoms with Crippen molar-refractivity contribution < 1.29 is 85.6 Å². The molecular formula is C43H58N2O18. The van der Waals surface area contributed by atoms with Crippen molar-refractivity contribution in [2.45, 2.75) is 116 Å². The van der Waals surface area contributed by atoms with Crippen molar-refractivity contribution in [1.29, 1.82) is 0 Å².